The topological polar surface area (TPSA) is 59.6 Å². The predicted octanol–water partition coefficient (Wildman–Crippen LogP) is 3.98. The van der Waals surface area contributed by atoms with Crippen LogP contribution in [-0.2, 0) is 6.54 Å². The van der Waals surface area contributed by atoms with Crippen molar-refractivity contribution in [2.45, 2.75) is 20.4 Å². The number of hydrogen-bond acceptors (Lipinski definition) is 5. The summed E-state index contributed by atoms with van der Waals surface area (Å²) in [5, 5.41) is 8.02. The molecule has 1 N–H and O–H groups in total. The molecule has 0 atom stereocenters. The third-order valence-corrected chi connectivity index (χ3v) is 4.08. The average molecular weight is 306 g/mol. The molecule has 0 saturated heterocycles. The Morgan fingerprint density at radius 1 is 1.50 bits per heavy atom. The molecular weight excluding hydrogens is 292 g/mol. The third kappa shape index (κ3) is 2.46. The van der Waals surface area contributed by atoms with Crippen LogP contribution in [0.3, 0.4) is 0 Å². The number of H-pyrrole nitrogens is 1. The number of aromatic nitrogens is 4. The zero-order valence-corrected chi connectivity index (χ0v) is 12.8. The molecule has 0 aliphatic heterocycles. The van der Waals surface area contributed by atoms with Crippen LogP contribution in [0.1, 0.15) is 13.8 Å². The summed E-state index contributed by atoms with van der Waals surface area (Å²) >= 11 is 6.83. The summed E-state index contributed by atoms with van der Waals surface area (Å²) in [6.07, 6.45) is 3.45. The molecule has 20 heavy (non-hydrogen) atoms. The second-order valence-electron chi connectivity index (χ2n) is 4.86. The van der Waals surface area contributed by atoms with Gasteiger partial charge in [-0.25, -0.2) is 4.98 Å². The van der Waals surface area contributed by atoms with Gasteiger partial charge in [0.2, 0.25) is 0 Å². The Bertz CT molecular complexity index is 752. The molecule has 3 heterocycles. The molecular formula is C13H14N4OS2. The largest absolute Gasteiger partial charge is 0.462 e. The lowest BCUT2D eigenvalue weighted by Gasteiger charge is -2.07. The molecule has 3 rings (SSSR count). The van der Waals surface area contributed by atoms with Crippen molar-refractivity contribution in [3.8, 4) is 21.5 Å². The second-order valence-corrected chi connectivity index (χ2v) is 6.28. The summed E-state index contributed by atoms with van der Waals surface area (Å²) in [6, 6.07) is 3.75. The van der Waals surface area contributed by atoms with E-state index in [2.05, 4.69) is 29.0 Å². The summed E-state index contributed by atoms with van der Waals surface area (Å²) in [5.41, 5.74) is 0. The molecule has 0 aromatic carbocycles. The highest BCUT2D eigenvalue weighted by Gasteiger charge is 2.15. The Kier molecular flexibility index (Phi) is 3.54. The minimum absolute atomic E-state index is 0.496. The minimum atomic E-state index is 0.496. The SMILES string of the molecule is CC(C)Cn1c(-c2cnc(-c3ccco3)s2)n[nH]c1=S. The molecule has 0 aliphatic carbocycles. The van der Waals surface area contributed by atoms with Crippen LogP contribution in [0.4, 0.5) is 0 Å². The lowest BCUT2D eigenvalue weighted by molar-refractivity contribution is 0.522. The number of furan rings is 1. The molecule has 0 bridgehead atoms. The molecule has 7 heteroatoms. The normalized spacial score (nSPS) is 11.3. The van der Waals surface area contributed by atoms with E-state index in [9.17, 15) is 0 Å². The van der Waals surface area contributed by atoms with Gasteiger partial charge in [0, 0.05) is 12.7 Å². The number of nitrogens with one attached hydrogen (secondary N) is 1. The lowest BCUT2D eigenvalue weighted by Crippen LogP contribution is -2.05. The van der Waals surface area contributed by atoms with Gasteiger partial charge in [-0.3, -0.25) is 9.67 Å². The van der Waals surface area contributed by atoms with Gasteiger partial charge >= 0.3 is 0 Å². The Hall–Kier alpha value is -1.73. The number of aromatic amines is 1. The molecule has 0 amide bonds. The Morgan fingerprint density at radius 3 is 3.05 bits per heavy atom. The van der Waals surface area contributed by atoms with Crippen molar-refractivity contribution in [1.82, 2.24) is 19.7 Å². The second kappa shape index (κ2) is 5.34. The zero-order chi connectivity index (χ0) is 14.1. The first-order chi connectivity index (χ1) is 9.65. The van der Waals surface area contributed by atoms with Gasteiger partial charge in [-0.15, -0.1) is 11.3 Å². The maximum Gasteiger partial charge on any atom is 0.195 e. The van der Waals surface area contributed by atoms with E-state index in [1.165, 1.54) is 0 Å². The monoisotopic (exact) mass is 306 g/mol. The van der Waals surface area contributed by atoms with Crippen LogP contribution in [0.25, 0.3) is 21.5 Å². The Labute approximate surface area is 125 Å². The molecule has 0 spiro atoms. The Morgan fingerprint density at radius 2 is 2.35 bits per heavy atom. The summed E-state index contributed by atoms with van der Waals surface area (Å²) < 4.78 is 8.01. The number of hydrogen-bond donors (Lipinski definition) is 1. The van der Waals surface area contributed by atoms with Crippen LogP contribution in [0.15, 0.2) is 29.0 Å². The van der Waals surface area contributed by atoms with Crippen molar-refractivity contribution >= 4 is 23.6 Å². The standard InChI is InChI=1S/C13H14N4OS2/c1-8(2)7-17-11(15-16-13(17)19)10-6-14-12(20-10)9-4-3-5-18-9/h3-6,8H,7H2,1-2H3,(H,16,19). The van der Waals surface area contributed by atoms with E-state index in [-0.39, 0.29) is 0 Å². The highest BCUT2D eigenvalue weighted by atomic mass is 32.1. The summed E-state index contributed by atoms with van der Waals surface area (Å²) in [4.78, 5) is 5.36. The number of nitrogens with zero attached hydrogens (tertiary/aromatic N) is 3. The molecule has 0 unspecified atom stereocenters. The van der Waals surface area contributed by atoms with E-state index in [0.29, 0.717) is 10.7 Å². The van der Waals surface area contributed by atoms with Gasteiger partial charge in [0.15, 0.2) is 21.4 Å². The highest BCUT2D eigenvalue weighted by Crippen LogP contribution is 2.31. The third-order valence-electron chi connectivity index (χ3n) is 2.76. The highest BCUT2D eigenvalue weighted by molar-refractivity contribution is 7.71. The van der Waals surface area contributed by atoms with Gasteiger partial charge in [-0.2, -0.15) is 5.10 Å². The van der Waals surface area contributed by atoms with Crippen LogP contribution in [-0.4, -0.2) is 19.7 Å². The fourth-order valence-electron chi connectivity index (χ4n) is 1.93. The van der Waals surface area contributed by atoms with Crippen LogP contribution in [0.5, 0.6) is 0 Å². The molecule has 3 aromatic heterocycles. The van der Waals surface area contributed by atoms with Crippen molar-refractivity contribution in [3.63, 3.8) is 0 Å². The van der Waals surface area contributed by atoms with E-state index in [1.54, 1.807) is 17.6 Å². The maximum atomic E-state index is 5.36. The molecule has 0 radical (unpaired) electrons. The van der Waals surface area contributed by atoms with Gasteiger partial charge in [0.25, 0.3) is 0 Å². The van der Waals surface area contributed by atoms with E-state index < -0.39 is 0 Å². The van der Waals surface area contributed by atoms with Crippen LogP contribution in [0.2, 0.25) is 0 Å². The fourth-order valence-corrected chi connectivity index (χ4v) is 3.02. The first-order valence-electron chi connectivity index (χ1n) is 6.30. The van der Waals surface area contributed by atoms with Crippen molar-refractivity contribution in [1.29, 1.82) is 0 Å². The molecule has 3 aromatic rings. The smallest absolute Gasteiger partial charge is 0.195 e. The number of rotatable bonds is 4. The molecule has 0 fully saturated rings. The minimum Gasteiger partial charge on any atom is -0.462 e. The molecule has 5 nitrogen and oxygen atoms in total. The van der Waals surface area contributed by atoms with E-state index in [0.717, 1.165) is 28.0 Å². The molecule has 0 aliphatic rings. The van der Waals surface area contributed by atoms with Crippen LogP contribution >= 0.6 is 23.6 Å². The van der Waals surface area contributed by atoms with Gasteiger partial charge in [0.05, 0.1) is 11.1 Å². The Balaban J connectivity index is 2.00. The molecule has 104 valence electrons. The lowest BCUT2D eigenvalue weighted by atomic mass is 10.2. The first-order valence-corrected chi connectivity index (χ1v) is 7.53. The summed E-state index contributed by atoms with van der Waals surface area (Å²) in [5.74, 6) is 2.10. The van der Waals surface area contributed by atoms with Gasteiger partial charge in [-0.05, 0) is 30.3 Å². The van der Waals surface area contributed by atoms with Crippen molar-refractivity contribution in [2.24, 2.45) is 5.92 Å². The van der Waals surface area contributed by atoms with Gasteiger partial charge < -0.3 is 4.42 Å². The van der Waals surface area contributed by atoms with Crippen molar-refractivity contribution in [3.05, 3.63) is 29.4 Å². The van der Waals surface area contributed by atoms with Crippen LogP contribution in [0, 0.1) is 10.7 Å². The first kappa shape index (κ1) is 13.3. The maximum absolute atomic E-state index is 5.36. The van der Waals surface area contributed by atoms with Crippen LogP contribution < -0.4 is 0 Å². The average Bonchev–Trinajstić information content (AvgIpc) is 3.10. The van der Waals surface area contributed by atoms with Crippen molar-refractivity contribution < 1.29 is 4.42 Å². The zero-order valence-electron chi connectivity index (χ0n) is 11.2. The van der Waals surface area contributed by atoms with E-state index in [4.69, 9.17) is 16.6 Å². The summed E-state index contributed by atoms with van der Waals surface area (Å²) in [6.45, 7) is 5.14. The van der Waals surface area contributed by atoms with E-state index in [1.807, 2.05) is 22.9 Å². The quantitative estimate of drug-likeness (QED) is 0.741. The molecule has 0 saturated carbocycles. The predicted molar refractivity (Wildman–Crippen MR) is 81.1 cm³/mol. The van der Waals surface area contributed by atoms with Gasteiger partial charge in [0.1, 0.15) is 0 Å². The van der Waals surface area contributed by atoms with Gasteiger partial charge in [-0.1, -0.05) is 13.8 Å². The summed E-state index contributed by atoms with van der Waals surface area (Å²) in [7, 11) is 0. The van der Waals surface area contributed by atoms with E-state index >= 15 is 0 Å². The fraction of sp³-hybridized carbons (Fsp3) is 0.308. The number of thiazole rings is 1. The van der Waals surface area contributed by atoms with Crippen molar-refractivity contribution in [2.75, 3.05) is 0 Å².